The van der Waals surface area contributed by atoms with E-state index in [9.17, 15) is 0 Å². The lowest BCUT2D eigenvalue weighted by molar-refractivity contribution is 0.0481. The van der Waals surface area contributed by atoms with Crippen LogP contribution in [-0.4, -0.2) is 24.9 Å². The number of aliphatic hydroxyl groups is 1. The molecule has 0 spiro atoms. The quantitative estimate of drug-likeness (QED) is 0.744. The molecule has 0 aliphatic rings. The van der Waals surface area contributed by atoms with Gasteiger partial charge < -0.3 is 15.6 Å². The Morgan fingerprint density at radius 2 is 1.82 bits per heavy atom. The van der Waals surface area contributed by atoms with Gasteiger partial charge in [-0.1, -0.05) is 17.7 Å². The van der Waals surface area contributed by atoms with Crippen LogP contribution in [0.3, 0.4) is 0 Å². The third kappa shape index (κ3) is 3.80. The molecule has 0 heterocycles. The van der Waals surface area contributed by atoms with Gasteiger partial charge in [0.2, 0.25) is 0 Å². The monoisotopic (exact) mass is 237 g/mol. The third-order valence-corrected chi connectivity index (χ3v) is 2.90. The maximum Gasteiger partial charge on any atom is 0.0952 e. The Kier molecular flexibility index (Phi) is 5.62. The van der Waals surface area contributed by atoms with E-state index in [2.05, 4.69) is 32.9 Å². The van der Waals surface area contributed by atoms with E-state index in [4.69, 9.17) is 15.6 Å². The lowest BCUT2D eigenvalue weighted by atomic mass is 9.95. The minimum Gasteiger partial charge on any atom is -0.396 e. The van der Waals surface area contributed by atoms with Crippen LogP contribution in [0.25, 0.3) is 0 Å². The van der Waals surface area contributed by atoms with Gasteiger partial charge in [-0.3, -0.25) is 0 Å². The predicted octanol–water partition coefficient (Wildman–Crippen LogP) is 2.01. The molecular weight excluding hydrogens is 214 g/mol. The largest absolute Gasteiger partial charge is 0.396 e. The third-order valence-electron chi connectivity index (χ3n) is 2.90. The first kappa shape index (κ1) is 14.2. The fraction of sp³-hybridized carbons (Fsp3) is 0.571. The summed E-state index contributed by atoms with van der Waals surface area (Å²) < 4.78 is 5.73. The molecule has 96 valence electrons. The van der Waals surface area contributed by atoms with Crippen LogP contribution < -0.4 is 5.73 Å². The van der Waals surface area contributed by atoms with Gasteiger partial charge in [0.05, 0.1) is 6.10 Å². The number of rotatable bonds is 6. The second-order valence-corrected chi connectivity index (χ2v) is 4.48. The standard InChI is InChI=1S/C14H23NO2/c1-10-7-11(2)14(12(3)8-10)13(9-15)17-6-4-5-16/h7-8,13,16H,4-6,9,15H2,1-3H3. The van der Waals surface area contributed by atoms with Crippen LogP contribution in [0.5, 0.6) is 0 Å². The molecule has 0 aromatic heterocycles. The van der Waals surface area contributed by atoms with Crippen molar-refractivity contribution in [3.63, 3.8) is 0 Å². The lowest BCUT2D eigenvalue weighted by Gasteiger charge is -2.21. The highest BCUT2D eigenvalue weighted by atomic mass is 16.5. The van der Waals surface area contributed by atoms with Crippen LogP contribution in [-0.2, 0) is 4.74 Å². The highest BCUT2D eigenvalue weighted by Gasteiger charge is 2.15. The van der Waals surface area contributed by atoms with E-state index >= 15 is 0 Å². The summed E-state index contributed by atoms with van der Waals surface area (Å²) in [5, 5.41) is 8.76. The van der Waals surface area contributed by atoms with Gasteiger partial charge in [0, 0.05) is 19.8 Å². The zero-order chi connectivity index (χ0) is 12.8. The van der Waals surface area contributed by atoms with Crippen molar-refractivity contribution in [1.29, 1.82) is 0 Å². The van der Waals surface area contributed by atoms with Crippen LogP contribution in [0.2, 0.25) is 0 Å². The molecular formula is C14H23NO2. The Morgan fingerprint density at radius 1 is 1.24 bits per heavy atom. The highest BCUT2D eigenvalue weighted by Crippen LogP contribution is 2.25. The zero-order valence-electron chi connectivity index (χ0n) is 11.0. The highest BCUT2D eigenvalue weighted by molar-refractivity contribution is 5.39. The average Bonchev–Trinajstić information content (AvgIpc) is 2.25. The second-order valence-electron chi connectivity index (χ2n) is 4.48. The minimum atomic E-state index is -0.0675. The van der Waals surface area contributed by atoms with Crippen LogP contribution in [0.1, 0.15) is 34.8 Å². The molecule has 17 heavy (non-hydrogen) atoms. The number of nitrogens with two attached hydrogens (primary N) is 1. The summed E-state index contributed by atoms with van der Waals surface area (Å²) in [7, 11) is 0. The van der Waals surface area contributed by atoms with E-state index in [1.54, 1.807) is 0 Å². The van der Waals surface area contributed by atoms with Gasteiger partial charge >= 0.3 is 0 Å². The lowest BCUT2D eigenvalue weighted by Crippen LogP contribution is -2.19. The van der Waals surface area contributed by atoms with E-state index in [0.29, 0.717) is 19.6 Å². The Labute approximate surface area is 104 Å². The molecule has 0 aliphatic heterocycles. The van der Waals surface area contributed by atoms with Crippen molar-refractivity contribution in [2.45, 2.75) is 33.3 Å². The average molecular weight is 237 g/mol. The molecule has 0 saturated heterocycles. The Bertz CT molecular complexity index is 340. The molecule has 0 saturated carbocycles. The van der Waals surface area contributed by atoms with E-state index in [1.807, 2.05) is 0 Å². The van der Waals surface area contributed by atoms with Crippen LogP contribution in [0.4, 0.5) is 0 Å². The molecule has 3 nitrogen and oxygen atoms in total. The zero-order valence-corrected chi connectivity index (χ0v) is 11.0. The van der Waals surface area contributed by atoms with Gasteiger partial charge in [-0.05, 0) is 43.9 Å². The molecule has 1 aromatic rings. The van der Waals surface area contributed by atoms with Crippen LogP contribution >= 0.6 is 0 Å². The molecule has 3 N–H and O–H groups in total. The molecule has 0 bridgehead atoms. The van der Waals surface area contributed by atoms with Crippen LogP contribution in [0.15, 0.2) is 12.1 Å². The maximum atomic E-state index is 8.76. The maximum absolute atomic E-state index is 8.76. The first-order valence-corrected chi connectivity index (χ1v) is 6.10. The van der Waals surface area contributed by atoms with Crippen molar-refractivity contribution in [1.82, 2.24) is 0 Å². The van der Waals surface area contributed by atoms with Crippen molar-refractivity contribution in [3.05, 3.63) is 34.4 Å². The molecule has 1 rings (SSSR count). The van der Waals surface area contributed by atoms with Crippen molar-refractivity contribution >= 4 is 0 Å². The van der Waals surface area contributed by atoms with Gasteiger partial charge in [0.25, 0.3) is 0 Å². The minimum absolute atomic E-state index is 0.0675. The van der Waals surface area contributed by atoms with Gasteiger partial charge in [0.1, 0.15) is 0 Å². The fourth-order valence-electron chi connectivity index (χ4n) is 2.26. The van der Waals surface area contributed by atoms with Crippen molar-refractivity contribution in [2.75, 3.05) is 19.8 Å². The first-order valence-electron chi connectivity index (χ1n) is 6.10. The number of aryl methyl sites for hydroxylation is 3. The summed E-state index contributed by atoms with van der Waals surface area (Å²) >= 11 is 0. The number of aliphatic hydroxyl groups excluding tert-OH is 1. The van der Waals surface area contributed by atoms with Crippen LogP contribution in [0, 0.1) is 20.8 Å². The number of hydrogen-bond acceptors (Lipinski definition) is 3. The Morgan fingerprint density at radius 3 is 2.29 bits per heavy atom. The number of ether oxygens (including phenoxy) is 1. The molecule has 1 aromatic carbocycles. The molecule has 0 fully saturated rings. The molecule has 0 aliphatic carbocycles. The van der Waals surface area contributed by atoms with E-state index in [1.165, 1.54) is 22.3 Å². The summed E-state index contributed by atoms with van der Waals surface area (Å²) in [6.45, 7) is 7.44. The molecule has 1 atom stereocenters. The summed E-state index contributed by atoms with van der Waals surface area (Å²) in [5.41, 5.74) is 10.7. The van der Waals surface area contributed by atoms with Gasteiger partial charge in [-0.15, -0.1) is 0 Å². The number of hydrogen-bond donors (Lipinski definition) is 2. The summed E-state index contributed by atoms with van der Waals surface area (Å²) in [6.07, 6.45) is 0.586. The van der Waals surface area contributed by atoms with E-state index < -0.39 is 0 Å². The molecule has 1 unspecified atom stereocenters. The van der Waals surface area contributed by atoms with Gasteiger partial charge in [-0.2, -0.15) is 0 Å². The summed E-state index contributed by atoms with van der Waals surface area (Å²) in [4.78, 5) is 0. The van der Waals surface area contributed by atoms with Gasteiger partial charge in [0.15, 0.2) is 0 Å². The van der Waals surface area contributed by atoms with Crippen molar-refractivity contribution in [3.8, 4) is 0 Å². The molecule has 0 radical (unpaired) electrons. The first-order chi connectivity index (χ1) is 8.10. The van der Waals surface area contributed by atoms with Crippen molar-refractivity contribution in [2.24, 2.45) is 5.73 Å². The Hall–Kier alpha value is -0.900. The Balaban J connectivity index is 2.87. The predicted molar refractivity (Wildman–Crippen MR) is 70.1 cm³/mol. The SMILES string of the molecule is Cc1cc(C)c(C(CN)OCCCO)c(C)c1. The fourth-order valence-corrected chi connectivity index (χ4v) is 2.26. The normalized spacial score (nSPS) is 12.8. The van der Waals surface area contributed by atoms with Gasteiger partial charge in [-0.25, -0.2) is 0 Å². The van der Waals surface area contributed by atoms with E-state index in [0.717, 1.165) is 0 Å². The van der Waals surface area contributed by atoms with E-state index in [-0.39, 0.29) is 12.7 Å². The molecule has 3 heteroatoms. The second kappa shape index (κ2) is 6.74. The van der Waals surface area contributed by atoms with Crippen molar-refractivity contribution < 1.29 is 9.84 Å². The summed E-state index contributed by atoms with van der Waals surface area (Å²) in [6, 6.07) is 4.31. The topological polar surface area (TPSA) is 55.5 Å². The summed E-state index contributed by atoms with van der Waals surface area (Å²) in [5.74, 6) is 0. The number of benzene rings is 1. The molecule has 0 amide bonds. The smallest absolute Gasteiger partial charge is 0.0952 e.